The van der Waals surface area contributed by atoms with Gasteiger partial charge in [0.1, 0.15) is 11.4 Å². The first-order valence-corrected chi connectivity index (χ1v) is 8.71. The highest BCUT2D eigenvalue weighted by molar-refractivity contribution is 5.97. The zero-order valence-corrected chi connectivity index (χ0v) is 14.7. The monoisotopic (exact) mass is 319 g/mol. The second kappa shape index (κ2) is 7.82. The molecule has 1 fully saturated rings. The third-order valence-electron chi connectivity index (χ3n) is 4.44. The molecule has 0 spiro atoms. The van der Waals surface area contributed by atoms with Crippen LogP contribution in [0, 0.1) is 5.92 Å². The number of amides is 1. The van der Waals surface area contributed by atoms with Crippen LogP contribution in [0.3, 0.4) is 0 Å². The van der Waals surface area contributed by atoms with Crippen molar-refractivity contribution in [2.24, 2.45) is 5.92 Å². The van der Waals surface area contributed by atoms with Crippen LogP contribution in [-0.4, -0.2) is 24.2 Å². The van der Waals surface area contributed by atoms with Crippen LogP contribution >= 0.6 is 0 Å². The standard InChI is InChI=1S/C19H29NO3/c1-5-13-22-19(4,15-7-8-15)18(21)20-16-9-11-17(12-10-16)23-14(3)6-2/h9-12,14-15H,5-8,13H2,1-4H3,(H,20,21)/t14-,19-/m0/s1. The molecule has 1 aliphatic rings. The summed E-state index contributed by atoms with van der Waals surface area (Å²) in [6.45, 7) is 8.72. The fourth-order valence-corrected chi connectivity index (χ4v) is 2.50. The second-order valence-corrected chi connectivity index (χ2v) is 6.55. The van der Waals surface area contributed by atoms with Crippen molar-refractivity contribution in [2.75, 3.05) is 11.9 Å². The van der Waals surface area contributed by atoms with Crippen molar-refractivity contribution < 1.29 is 14.3 Å². The van der Waals surface area contributed by atoms with E-state index in [0.29, 0.717) is 12.5 Å². The van der Waals surface area contributed by atoms with Crippen LogP contribution in [0.25, 0.3) is 0 Å². The van der Waals surface area contributed by atoms with Crippen molar-refractivity contribution in [1.82, 2.24) is 0 Å². The average molecular weight is 319 g/mol. The minimum atomic E-state index is -0.720. The van der Waals surface area contributed by atoms with Crippen molar-refractivity contribution in [3.05, 3.63) is 24.3 Å². The molecule has 0 unspecified atom stereocenters. The molecular formula is C19H29NO3. The third kappa shape index (κ3) is 4.71. The maximum Gasteiger partial charge on any atom is 0.256 e. The first kappa shape index (κ1) is 17.8. The van der Waals surface area contributed by atoms with E-state index in [1.54, 1.807) is 0 Å². The average Bonchev–Trinajstić information content (AvgIpc) is 3.39. The normalized spacial score (nSPS) is 18.1. The zero-order valence-electron chi connectivity index (χ0n) is 14.7. The van der Waals surface area contributed by atoms with Crippen LogP contribution in [0.5, 0.6) is 5.75 Å². The Morgan fingerprint density at radius 2 is 1.96 bits per heavy atom. The molecule has 1 amide bonds. The predicted octanol–water partition coefficient (Wildman–Crippen LogP) is 4.40. The Hall–Kier alpha value is -1.55. The molecule has 2 atom stereocenters. The van der Waals surface area contributed by atoms with Gasteiger partial charge in [-0.25, -0.2) is 0 Å². The van der Waals surface area contributed by atoms with E-state index in [0.717, 1.165) is 37.1 Å². The van der Waals surface area contributed by atoms with Crippen molar-refractivity contribution in [1.29, 1.82) is 0 Å². The Bertz CT molecular complexity index is 510. The highest BCUT2D eigenvalue weighted by Gasteiger charge is 2.48. The molecule has 0 aliphatic heterocycles. The number of nitrogens with one attached hydrogen (secondary N) is 1. The highest BCUT2D eigenvalue weighted by atomic mass is 16.5. The van der Waals surface area contributed by atoms with Crippen molar-refractivity contribution >= 4 is 11.6 Å². The lowest BCUT2D eigenvalue weighted by Crippen LogP contribution is -2.45. The molecule has 0 heterocycles. The van der Waals surface area contributed by atoms with E-state index in [1.807, 2.05) is 38.1 Å². The summed E-state index contributed by atoms with van der Waals surface area (Å²) in [7, 11) is 0. The summed E-state index contributed by atoms with van der Waals surface area (Å²) in [5, 5.41) is 2.99. The van der Waals surface area contributed by atoms with Crippen LogP contribution in [-0.2, 0) is 9.53 Å². The van der Waals surface area contributed by atoms with Crippen LogP contribution in [0.1, 0.15) is 53.4 Å². The largest absolute Gasteiger partial charge is 0.491 e. The SMILES string of the molecule is CCCO[C@](C)(C(=O)Nc1ccc(O[C@@H](C)CC)cc1)C1CC1. The third-order valence-corrected chi connectivity index (χ3v) is 4.44. The van der Waals surface area contributed by atoms with Crippen LogP contribution in [0.15, 0.2) is 24.3 Å². The van der Waals surface area contributed by atoms with Crippen LogP contribution in [0.4, 0.5) is 5.69 Å². The number of carbonyl (C=O) groups is 1. The first-order valence-electron chi connectivity index (χ1n) is 8.71. The van der Waals surface area contributed by atoms with Crippen molar-refractivity contribution in [3.63, 3.8) is 0 Å². The second-order valence-electron chi connectivity index (χ2n) is 6.55. The molecular weight excluding hydrogens is 290 g/mol. The van der Waals surface area contributed by atoms with E-state index in [2.05, 4.69) is 19.2 Å². The molecule has 1 aromatic rings. The van der Waals surface area contributed by atoms with Crippen molar-refractivity contribution in [3.8, 4) is 5.75 Å². The molecule has 128 valence electrons. The summed E-state index contributed by atoms with van der Waals surface area (Å²) in [5.74, 6) is 1.11. The van der Waals surface area contributed by atoms with Gasteiger partial charge in [0.25, 0.3) is 5.91 Å². The highest BCUT2D eigenvalue weighted by Crippen LogP contribution is 2.42. The number of rotatable bonds is 9. The smallest absolute Gasteiger partial charge is 0.256 e. The summed E-state index contributed by atoms with van der Waals surface area (Å²) in [6.07, 6.45) is 4.20. The predicted molar refractivity (Wildman–Crippen MR) is 92.8 cm³/mol. The van der Waals surface area contributed by atoms with Gasteiger partial charge in [0.15, 0.2) is 0 Å². The lowest BCUT2D eigenvalue weighted by molar-refractivity contribution is -0.142. The quantitative estimate of drug-likeness (QED) is 0.734. The Kier molecular flexibility index (Phi) is 6.05. The van der Waals surface area contributed by atoms with Crippen LogP contribution < -0.4 is 10.1 Å². The topological polar surface area (TPSA) is 47.6 Å². The zero-order chi connectivity index (χ0) is 16.9. The molecule has 0 saturated heterocycles. The lowest BCUT2D eigenvalue weighted by Gasteiger charge is -2.28. The summed E-state index contributed by atoms with van der Waals surface area (Å²) in [5.41, 5.74) is 0.0560. The van der Waals surface area contributed by atoms with Gasteiger partial charge in [-0.2, -0.15) is 0 Å². The first-order chi connectivity index (χ1) is 11.0. The van der Waals surface area contributed by atoms with Gasteiger partial charge in [0.2, 0.25) is 0 Å². The van der Waals surface area contributed by atoms with Crippen molar-refractivity contribution in [2.45, 2.75) is 65.1 Å². The Labute approximate surface area is 139 Å². The fourth-order valence-electron chi connectivity index (χ4n) is 2.50. The molecule has 23 heavy (non-hydrogen) atoms. The molecule has 1 N–H and O–H groups in total. The fraction of sp³-hybridized carbons (Fsp3) is 0.632. The Morgan fingerprint density at radius 1 is 1.30 bits per heavy atom. The summed E-state index contributed by atoms with van der Waals surface area (Å²) >= 11 is 0. The number of carbonyl (C=O) groups excluding carboxylic acids is 1. The van der Waals surface area contributed by atoms with Gasteiger partial charge in [-0.15, -0.1) is 0 Å². The minimum Gasteiger partial charge on any atom is -0.491 e. The summed E-state index contributed by atoms with van der Waals surface area (Å²) in [6, 6.07) is 7.54. The van der Waals surface area contributed by atoms with E-state index in [4.69, 9.17) is 9.47 Å². The van der Waals surface area contributed by atoms with Gasteiger partial charge >= 0.3 is 0 Å². The maximum atomic E-state index is 12.7. The van der Waals surface area contributed by atoms with E-state index < -0.39 is 5.60 Å². The molecule has 2 rings (SSSR count). The molecule has 1 aromatic carbocycles. The van der Waals surface area contributed by atoms with Gasteiger partial charge in [-0.1, -0.05) is 13.8 Å². The van der Waals surface area contributed by atoms with E-state index in [-0.39, 0.29) is 12.0 Å². The Balaban J connectivity index is 1.98. The van der Waals surface area contributed by atoms with Gasteiger partial charge in [-0.05, 0) is 69.7 Å². The van der Waals surface area contributed by atoms with E-state index in [9.17, 15) is 4.79 Å². The number of benzene rings is 1. The molecule has 0 bridgehead atoms. The minimum absolute atomic E-state index is 0.0518. The molecule has 4 nitrogen and oxygen atoms in total. The molecule has 1 saturated carbocycles. The maximum absolute atomic E-state index is 12.7. The molecule has 1 aliphatic carbocycles. The Morgan fingerprint density at radius 3 is 2.48 bits per heavy atom. The van der Waals surface area contributed by atoms with E-state index >= 15 is 0 Å². The van der Waals surface area contributed by atoms with Gasteiger partial charge in [0, 0.05) is 12.3 Å². The number of anilines is 1. The number of ether oxygens (including phenoxy) is 2. The number of hydrogen-bond donors (Lipinski definition) is 1. The van der Waals surface area contributed by atoms with E-state index in [1.165, 1.54) is 0 Å². The lowest BCUT2D eigenvalue weighted by atomic mass is 9.98. The molecule has 0 radical (unpaired) electrons. The summed E-state index contributed by atoms with van der Waals surface area (Å²) in [4.78, 5) is 12.7. The van der Waals surface area contributed by atoms with Gasteiger partial charge < -0.3 is 14.8 Å². The molecule has 4 heteroatoms. The van der Waals surface area contributed by atoms with Gasteiger partial charge in [-0.3, -0.25) is 4.79 Å². The summed E-state index contributed by atoms with van der Waals surface area (Å²) < 4.78 is 11.6. The van der Waals surface area contributed by atoms with Gasteiger partial charge in [0.05, 0.1) is 6.10 Å². The van der Waals surface area contributed by atoms with Crippen LogP contribution in [0.2, 0.25) is 0 Å². The molecule has 0 aromatic heterocycles. The number of hydrogen-bond acceptors (Lipinski definition) is 3.